The number of fused-ring (bicyclic) bond motifs is 2. The Labute approximate surface area is 167 Å². The molecule has 7 heteroatoms. The minimum atomic E-state index is -1.05. The third kappa shape index (κ3) is 2.81. The standard InChI is InChI=1S/C20H18Cl2N2O3/c1-27-17-9-18(25)23-10-15(11-2-4-12(21)5-3-11)20(17)14-7-6-13(22)8-16(14)24-19(20)26/h2-8,15,17H,9-10H2,1H3,(H,23,25)(H,24,26)/t15-,17-,20-/m0/s1. The van der Waals surface area contributed by atoms with Crippen LogP contribution in [0.2, 0.25) is 10.0 Å². The Balaban J connectivity index is 1.97. The number of carbonyl (C=O) groups excluding carboxylic acids is 2. The maximum Gasteiger partial charge on any atom is 0.238 e. The van der Waals surface area contributed by atoms with E-state index in [4.69, 9.17) is 27.9 Å². The highest BCUT2D eigenvalue weighted by molar-refractivity contribution is 6.31. The molecule has 0 radical (unpaired) electrons. The summed E-state index contributed by atoms with van der Waals surface area (Å²) < 4.78 is 5.73. The summed E-state index contributed by atoms with van der Waals surface area (Å²) in [6.07, 6.45) is -0.529. The predicted octanol–water partition coefficient (Wildman–Crippen LogP) is 3.50. The smallest absolute Gasteiger partial charge is 0.238 e. The van der Waals surface area contributed by atoms with Crippen LogP contribution >= 0.6 is 23.2 Å². The number of hydrogen-bond donors (Lipinski definition) is 2. The van der Waals surface area contributed by atoms with Crippen molar-refractivity contribution in [2.45, 2.75) is 23.9 Å². The van der Waals surface area contributed by atoms with E-state index in [1.807, 2.05) is 18.2 Å². The van der Waals surface area contributed by atoms with Gasteiger partial charge in [-0.1, -0.05) is 41.4 Å². The zero-order chi connectivity index (χ0) is 19.2. The van der Waals surface area contributed by atoms with E-state index in [-0.39, 0.29) is 24.2 Å². The summed E-state index contributed by atoms with van der Waals surface area (Å²) in [5.41, 5.74) is 1.30. The summed E-state index contributed by atoms with van der Waals surface area (Å²) >= 11 is 12.2. The molecule has 2 aromatic carbocycles. The van der Waals surface area contributed by atoms with Gasteiger partial charge in [0.25, 0.3) is 0 Å². The molecule has 1 fully saturated rings. The summed E-state index contributed by atoms with van der Waals surface area (Å²) in [4.78, 5) is 25.7. The lowest BCUT2D eigenvalue weighted by Gasteiger charge is -2.39. The van der Waals surface area contributed by atoms with Crippen LogP contribution in [-0.2, 0) is 19.7 Å². The number of methoxy groups -OCH3 is 1. The molecule has 27 heavy (non-hydrogen) atoms. The van der Waals surface area contributed by atoms with E-state index in [0.717, 1.165) is 11.1 Å². The molecule has 1 saturated heterocycles. The molecule has 0 aromatic heterocycles. The summed E-state index contributed by atoms with van der Waals surface area (Å²) in [6, 6.07) is 12.7. The van der Waals surface area contributed by atoms with Gasteiger partial charge in [0.2, 0.25) is 11.8 Å². The van der Waals surface area contributed by atoms with E-state index >= 15 is 0 Å². The Bertz CT molecular complexity index is 916. The summed E-state index contributed by atoms with van der Waals surface area (Å²) in [7, 11) is 1.53. The molecule has 140 valence electrons. The van der Waals surface area contributed by atoms with E-state index in [2.05, 4.69) is 10.6 Å². The average Bonchev–Trinajstić information content (AvgIpc) is 2.83. The number of anilines is 1. The molecule has 0 saturated carbocycles. The van der Waals surface area contributed by atoms with Gasteiger partial charge in [0.1, 0.15) is 5.41 Å². The van der Waals surface area contributed by atoms with Crippen LogP contribution in [0.5, 0.6) is 0 Å². The van der Waals surface area contributed by atoms with Crippen LogP contribution in [0.4, 0.5) is 5.69 Å². The first kappa shape index (κ1) is 18.3. The van der Waals surface area contributed by atoms with Crippen molar-refractivity contribution in [3.05, 3.63) is 63.6 Å². The van der Waals surface area contributed by atoms with Gasteiger partial charge < -0.3 is 15.4 Å². The summed E-state index contributed by atoms with van der Waals surface area (Å²) in [6.45, 7) is 0.315. The van der Waals surface area contributed by atoms with Gasteiger partial charge in [0, 0.05) is 35.3 Å². The van der Waals surface area contributed by atoms with Gasteiger partial charge in [-0.2, -0.15) is 0 Å². The molecule has 1 spiro atoms. The third-order valence-electron chi connectivity index (χ3n) is 5.54. The first-order valence-corrected chi connectivity index (χ1v) is 9.39. The quantitative estimate of drug-likeness (QED) is 0.804. The molecular weight excluding hydrogens is 387 g/mol. The van der Waals surface area contributed by atoms with Gasteiger partial charge in [-0.05, 0) is 35.4 Å². The van der Waals surface area contributed by atoms with Crippen molar-refractivity contribution in [2.24, 2.45) is 0 Å². The zero-order valence-electron chi connectivity index (χ0n) is 14.6. The van der Waals surface area contributed by atoms with E-state index in [1.165, 1.54) is 7.11 Å². The van der Waals surface area contributed by atoms with E-state index in [1.54, 1.807) is 24.3 Å². The molecule has 2 aromatic rings. The molecule has 4 rings (SSSR count). The van der Waals surface area contributed by atoms with Crippen molar-refractivity contribution < 1.29 is 14.3 Å². The maximum atomic E-state index is 13.4. The largest absolute Gasteiger partial charge is 0.379 e. The first-order valence-electron chi connectivity index (χ1n) is 8.63. The van der Waals surface area contributed by atoms with Crippen LogP contribution in [0.25, 0.3) is 0 Å². The SMILES string of the molecule is CO[C@H]1CC(=O)NC[C@@H](c2ccc(Cl)cc2)[C@]12C(=O)Nc1cc(Cl)ccc12. The first-order chi connectivity index (χ1) is 13.0. The van der Waals surface area contributed by atoms with Crippen LogP contribution in [0.1, 0.15) is 23.5 Å². The Morgan fingerprint density at radius 1 is 1.07 bits per heavy atom. The zero-order valence-corrected chi connectivity index (χ0v) is 16.1. The van der Waals surface area contributed by atoms with Gasteiger partial charge in [0.05, 0.1) is 12.5 Å². The van der Waals surface area contributed by atoms with Crippen LogP contribution in [0.3, 0.4) is 0 Å². The lowest BCUT2D eigenvalue weighted by Crippen LogP contribution is -2.51. The van der Waals surface area contributed by atoms with Crippen LogP contribution in [-0.4, -0.2) is 31.6 Å². The van der Waals surface area contributed by atoms with Crippen molar-refractivity contribution in [1.82, 2.24) is 5.32 Å². The fourth-order valence-electron chi connectivity index (χ4n) is 4.34. The predicted molar refractivity (Wildman–Crippen MR) is 104 cm³/mol. The Morgan fingerprint density at radius 2 is 1.78 bits per heavy atom. The molecule has 0 bridgehead atoms. The number of rotatable bonds is 2. The molecule has 0 aliphatic carbocycles. The Kier molecular flexibility index (Phi) is 4.62. The summed E-state index contributed by atoms with van der Waals surface area (Å²) in [5.74, 6) is -0.662. The third-order valence-corrected chi connectivity index (χ3v) is 6.03. The van der Waals surface area contributed by atoms with Crippen LogP contribution < -0.4 is 10.6 Å². The molecule has 2 amide bonds. The monoisotopic (exact) mass is 404 g/mol. The molecule has 3 atom stereocenters. The second-order valence-corrected chi connectivity index (χ2v) is 7.72. The number of halogens is 2. The Hall–Kier alpha value is -2.08. The minimum Gasteiger partial charge on any atom is -0.379 e. The number of ether oxygens (including phenoxy) is 1. The van der Waals surface area contributed by atoms with Crippen molar-refractivity contribution in [1.29, 1.82) is 0 Å². The number of carbonyl (C=O) groups is 2. The van der Waals surface area contributed by atoms with Gasteiger partial charge >= 0.3 is 0 Å². The van der Waals surface area contributed by atoms with Gasteiger partial charge in [-0.3, -0.25) is 9.59 Å². The second-order valence-electron chi connectivity index (χ2n) is 6.85. The van der Waals surface area contributed by atoms with E-state index in [9.17, 15) is 9.59 Å². The number of benzene rings is 2. The second kappa shape index (κ2) is 6.82. The van der Waals surface area contributed by atoms with Gasteiger partial charge in [0.15, 0.2) is 0 Å². The molecule has 2 heterocycles. The van der Waals surface area contributed by atoms with Crippen molar-refractivity contribution in [3.63, 3.8) is 0 Å². The molecule has 2 aliphatic heterocycles. The fraction of sp³-hybridized carbons (Fsp3) is 0.300. The lowest BCUT2D eigenvalue weighted by molar-refractivity contribution is -0.129. The molecule has 2 N–H and O–H groups in total. The van der Waals surface area contributed by atoms with Gasteiger partial charge in [-0.25, -0.2) is 0 Å². The van der Waals surface area contributed by atoms with E-state index in [0.29, 0.717) is 22.3 Å². The molecule has 0 unspecified atom stereocenters. The van der Waals surface area contributed by atoms with Crippen LogP contribution in [0, 0.1) is 0 Å². The minimum absolute atomic E-state index is 0.0933. The number of amides is 2. The summed E-state index contributed by atoms with van der Waals surface area (Å²) in [5, 5.41) is 7.02. The molecule has 2 aliphatic rings. The van der Waals surface area contributed by atoms with Crippen LogP contribution in [0.15, 0.2) is 42.5 Å². The normalized spacial score (nSPS) is 27.1. The Morgan fingerprint density at radius 3 is 2.48 bits per heavy atom. The van der Waals surface area contributed by atoms with Crippen molar-refractivity contribution in [2.75, 3.05) is 19.0 Å². The van der Waals surface area contributed by atoms with E-state index < -0.39 is 11.5 Å². The highest BCUT2D eigenvalue weighted by Gasteiger charge is 2.59. The highest BCUT2D eigenvalue weighted by atomic mass is 35.5. The van der Waals surface area contributed by atoms with Gasteiger partial charge in [-0.15, -0.1) is 0 Å². The van der Waals surface area contributed by atoms with Crippen molar-refractivity contribution >= 4 is 40.7 Å². The van der Waals surface area contributed by atoms with Crippen molar-refractivity contribution in [3.8, 4) is 0 Å². The molecular formula is C20H18Cl2N2O3. The maximum absolute atomic E-state index is 13.4. The lowest BCUT2D eigenvalue weighted by atomic mass is 9.64. The highest BCUT2D eigenvalue weighted by Crippen LogP contribution is 2.52. The topological polar surface area (TPSA) is 67.4 Å². The number of hydrogen-bond acceptors (Lipinski definition) is 3. The average molecular weight is 405 g/mol. The fourth-order valence-corrected chi connectivity index (χ4v) is 4.64. The molecule has 5 nitrogen and oxygen atoms in total. The number of nitrogens with one attached hydrogen (secondary N) is 2.